The van der Waals surface area contributed by atoms with Crippen LogP contribution in [0.3, 0.4) is 0 Å². The van der Waals surface area contributed by atoms with Crippen LogP contribution in [-0.4, -0.2) is 28.6 Å². The molecular weight excluding hydrogens is 288 g/mol. The molecule has 0 spiro atoms. The summed E-state index contributed by atoms with van der Waals surface area (Å²) < 4.78 is 33.2. The van der Waals surface area contributed by atoms with Gasteiger partial charge in [-0.15, -0.1) is 0 Å². The normalized spacial score (nSPS) is 13.4. The van der Waals surface area contributed by atoms with Crippen LogP contribution in [0.2, 0.25) is 0 Å². The van der Waals surface area contributed by atoms with E-state index in [0.29, 0.717) is 12.3 Å². The number of methoxy groups -OCH3 is 1. The van der Waals surface area contributed by atoms with Crippen molar-refractivity contribution in [2.75, 3.05) is 14.2 Å². The lowest BCUT2D eigenvalue weighted by Gasteiger charge is -2.21. The lowest BCUT2D eigenvalue weighted by atomic mass is 10.0. The number of rotatable bonds is 8. The maximum absolute atomic E-state index is 12.6. The molecule has 0 amide bonds. The summed E-state index contributed by atoms with van der Waals surface area (Å²) in [6, 6.07) is 5.11. The van der Waals surface area contributed by atoms with E-state index < -0.39 is 10.0 Å². The lowest BCUT2D eigenvalue weighted by Crippen LogP contribution is -2.38. The van der Waals surface area contributed by atoms with Gasteiger partial charge in [-0.25, -0.2) is 13.1 Å². The predicted molar refractivity (Wildman–Crippen MR) is 85.0 cm³/mol. The van der Waals surface area contributed by atoms with Crippen LogP contribution in [-0.2, 0) is 16.6 Å². The molecule has 0 aromatic heterocycles. The average molecular weight is 314 g/mol. The Morgan fingerprint density at radius 3 is 2.43 bits per heavy atom. The van der Waals surface area contributed by atoms with E-state index >= 15 is 0 Å². The summed E-state index contributed by atoms with van der Waals surface area (Å²) in [7, 11) is -0.303. The van der Waals surface area contributed by atoms with E-state index in [1.165, 1.54) is 7.11 Å². The molecule has 0 saturated heterocycles. The van der Waals surface area contributed by atoms with Crippen molar-refractivity contribution in [2.24, 2.45) is 5.92 Å². The molecule has 120 valence electrons. The Labute approximate surface area is 128 Å². The smallest absolute Gasteiger partial charge is 0.244 e. The third-order valence-electron chi connectivity index (χ3n) is 3.45. The van der Waals surface area contributed by atoms with Crippen LogP contribution in [0.1, 0.15) is 32.8 Å². The van der Waals surface area contributed by atoms with Crippen molar-refractivity contribution in [3.8, 4) is 5.75 Å². The van der Waals surface area contributed by atoms with Gasteiger partial charge < -0.3 is 10.1 Å². The summed E-state index contributed by atoms with van der Waals surface area (Å²) in [6.45, 7) is 6.59. The zero-order chi connectivity index (χ0) is 16.0. The highest BCUT2D eigenvalue weighted by atomic mass is 32.2. The van der Waals surface area contributed by atoms with Gasteiger partial charge in [0, 0.05) is 12.6 Å². The molecule has 1 unspecified atom stereocenters. The fourth-order valence-electron chi connectivity index (χ4n) is 2.20. The second-order valence-electron chi connectivity index (χ2n) is 5.40. The maximum atomic E-state index is 12.6. The lowest BCUT2D eigenvalue weighted by molar-refractivity contribution is 0.399. The number of hydrogen-bond acceptors (Lipinski definition) is 4. The molecule has 0 aliphatic heterocycles. The minimum Gasteiger partial charge on any atom is -0.495 e. The van der Waals surface area contributed by atoms with Crippen LogP contribution in [0.15, 0.2) is 23.1 Å². The maximum Gasteiger partial charge on any atom is 0.244 e. The molecule has 0 heterocycles. The third kappa shape index (κ3) is 4.69. The summed E-state index contributed by atoms with van der Waals surface area (Å²) in [6.07, 6.45) is 0.745. The van der Waals surface area contributed by atoms with Crippen molar-refractivity contribution in [1.82, 2.24) is 10.0 Å². The van der Waals surface area contributed by atoms with Crippen molar-refractivity contribution in [3.63, 3.8) is 0 Å². The molecule has 0 saturated carbocycles. The average Bonchev–Trinajstić information content (AvgIpc) is 2.44. The highest BCUT2D eigenvalue weighted by molar-refractivity contribution is 7.89. The van der Waals surface area contributed by atoms with Gasteiger partial charge in [0.2, 0.25) is 10.0 Å². The van der Waals surface area contributed by atoms with E-state index in [1.54, 1.807) is 12.1 Å². The fraction of sp³-hybridized carbons (Fsp3) is 0.600. The second kappa shape index (κ2) is 7.77. The van der Waals surface area contributed by atoms with Crippen LogP contribution in [0.5, 0.6) is 5.75 Å². The van der Waals surface area contributed by atoms with Crippen LogP contribution >= 0.6 is 0 Å². The minimum atomic E-state index is -3.60. The van der Waals surface area contributed by atoms with Gasteiger partial charge in [0.15, 0.2) is 0 Å². The third-order valence-corrected chi connectivity index (χ3v) is 4.96. The van der Waals surface area contributed by atoms with E-state index in [2.05, 4.69) is 10.0 Å². The van der Waals surface area contributed by atoms with Crippen LogP contribution < -0.4 is 14.8 Å². The molecule has 6 heteroatoms. The Hall–Kier alpha value is -1.11. The molecule has 0 aliphatic rings. The first kappa shape index (κ1) is 17.9. The first-order valence-electron chi connectivity index (χ1n) is 7.19. The minimum absolute atomic E-state index is 0.0901. The van der Waals surface area contributed by atoms with E-state index in [0.717, 1.165) is 12.0 Å². The quantitative estimate of drug-likeness (QED) is 0.771. The van der Waals surface area contributed by atoms with Gasteiger partial charge in [0.1, 0.15) is 10.6 Å². The summed E-state index contributed by atoms with van der Waals surface area (Å²) in [5.74, 6) is 0.595. The number of nitrogens with one attached hydrogen (secondary N) is 2. The Morgan fingerprint density at radius 1 is 1.29 bits per heavy atom. The first-order valence-corrected chi connectivity index (χ1v) is 8.67. The van der Waals surface area contributed by atoms with Gasteiger partial charge >= 0.3 is 0 Å². The molecular formula is C15H26N2O3S. The first-order chi connectivity index (χ1) is 9.85. The second-order valence-corrected chi connectivity index (χ2v) is 7.08. The van der Waals surface area contributed by atoms with Gasteiger partial charge in [0.25, 0.3) is 0 Å². The molecule has 1 aromatic carbocycles. The monoisotopic (exact) mass is 314 g/mol. The summed E-state index contributed by atoms with van der Waals surface area (Å²) in [5, 5.41) is 3.01. The number of ether oxygens (including phenoxy) is 1. The Morgan fingerprint density at radius 2 is 1.95 bits per heavy atom. The molecule has 1 atom stereocenters. The van der Waals surface area contributed by atoms with E-state index in [1.807, 2.05) is 33.9 Å². The summed E-state index contributed by atoms with van der Waals surface area (Å²) in [4.78, 5) is 0.192. The molecule has 21 heavy (non-hydrogen) atoms. The van der Waals surface area contributed by atoms with Crippen molar-refractivity contribution in [1.29, 1.82) is 0 Å². The van der Waals surface area contributed by atoms with Crippen LogP contribution in [0.4, 0.5) is 0 Å². The van der Waals surface area contributed by atoms with Crippen molar-refractivity contribution in [3.05, 3.63) is 23.8 Å². The molecule has 0 radical (unpaired) electrons. The topological polar surface area (TPSA) is 67.4 Å². The van der Waals surface area contributed by atoms with Crippen molar-refractivity contribution in [2.45, 2.75) is 44.7 Å². The van der Waals surface area contributed by atoms with Gasteiger partial charge in [-0.1, -0.05) is 26.8 Å². The fourth-order valence-corrected chi connectivity index (χ4v) is 3.89. The van der Waals surface area contributed by atoms with E-state index in [4.69, 9.17) is 4.74 Å². The van der Waals surface area contributed by atoms with Crippen LogP contribution in [0.25, 0.3) is 0 Å². The zero-order valence-electron chi connectivity index (χ0n) is 13.4. The Balaban J connectivity index is 3.19. The largest absolute Gasteiger partial charge is 0.495 e. The SMILES string of the molecule is CCC(NS(=O)(=O)c1cc(CNC)ccc1OC)C(C)C. The summed E-state index contributed by atoms with van der Waals surface area (Å²) in [5.41, 5.74) is 0.899. The molecule has 1 rings (SSSR count). The van der Waals surface area contributed by atoms with Crippen molar-refractivity contribution < 1.29 is 13.2 Å². The Bertz CT molecular complexity index is 556. The van der Waals surface area contributed by atoms with Gasteiger partial charge in [-0.3, -0.25) is 0 Å². The molecule has 0 fully saturated rings. The van der Waals surface area contributed by atoms with Crippen molar-refractivity contribution >= 4 is 10.0 Å². The number of benzene rings is 1. The van der Waals surface area contributed by atoms with Crippen LogP contribution in [0, 0.1) is 5.92 Å². The highest BCUT2D eigenvalue weighted by Gasteiger charge is 2.24. The number of sulfonamides is 1. The highest BCUT2D eigenvalue weighted by Crippen LogP contribution is 2.25. The van der Waals surface area contributed by atoms with E-state index in [9.17, 15) is 8.42 Å². The van der Waals surface area contributed by atoms with Gasteiger partial charge in [-0.2, -0.15) is 0 Å². The predicted octanol–water partition coefficient (Wildman–Crippen LogP) is 2.13. The van der Waals surface area contributed by atoms with Gasteiger partial charge in [-0.05, 0) is 37.1 Å². The molecule has 0 bridgehead atoms. The molecule has 0 aliphatic carbocycles. The van der Waals surface area contributed by atoms with Gasteiger partial charge in [0.05, 0.1) is 7.11 Å². The standard InChI is InChI=1S/C15H26N2O3S/c1-6-13(11(2)3)17-21(18,19)15-9-12(10-16-4)7-8-14(15)20-5/h7-9,11,13,16-17H,6,10H2,1-5H3. The molecule has 2 N–H and O–H groups in total. The Kier molecular flexibility index (Phi) is 6.64. The molecule has 1 aromatic rings. The van der Waals surface area contributed by atoms with E-state index in [-0.39, 0.29) is 16.9 Å². The molecule has 5 nitrogen and oxygen atoms in total. The zero-order valence-corrected chi connectivity index (χ0v) is 14.3. The summed E-state index contributed by atoms with van der Waals surface area (Å²) >= 11 is 0. The number of hydrogen-bond donors (Lipinski definition) is 2.